The van der Waals surface area contributed by atoms with Crippen LogP contribution in [0.3, 0.4) is 0 Å². The van der Waals surface area contributed by atoms with Crippen molar-refractivity contribution >= 4 is 17.3 Å². The Balaban J connectivity index is 1.76. The van der Waals surface area contributed by atoms with Crippen LogP contribution in [0, 0.1) is 10.1 Å². The summed E-state index contributed by atoms with van der Waals surface area (Å²) in [5.41, 5.74) is 0.790. The number of hydrogen-bond donors (Lipinski definition) is 0. The third-order valence-electron chi connectivity index (χ3n) is 2.97. The maximum atomic E-state index is 11.0. The van der Waals surface area contributed by atoms with Gasteiger partial charge in [0.15, 0.2) is 0 Å². The third kappa shape index (κ3) is 3.50. The van der Waals surface area contributed by atoms with Gasteiger partial charge < -0.3 is 9.47 Å². The molecule has 21 heavy (non-hydrogen) atoms. The fourth-order valence-corrected chi connectivity index (χ4v) is 1.94. The minimum Gasteiger partial charge on any atom is -0.469 e. The van der Waals surface area contributed by atoms with Gasteiger partial charge in [-0.3, -0.25) is 14.8 Å². The van der Waals surface area contributed by atoms with E-state index in [4.69, 9.17) is 21.1 Å². The average Bonchev–Trinajstić information content (AvgIpc) is 3.19. The lowest BCUT2D eigenvalue weighted by Crippen LogP contribution is -2.06. The van der Waals surface area contributed by atoms with E-state index in [-0.39, 0.29) is 24.3 Å². The molecule has 1 unspecified atom stereocenters. The molecule has 0 saturated carbocycles. The summed E-state index contributed by atoms with van der Waals surface area (Å²) >= 11 is 5.82. The Bertz CT molecular complexity index is 652. The van der Waals surface area contributed by atoms with E-state index in [9.17, 15) is 10.1 Å². The standard InChI is InChI=1S/C13H12ClN3O4/c14-10-3-1-9(2-4-10)5-16-6-12(17(18)19)13(15-16)21-8-11-7-20-11/h1-4,6,11H,5,7-8H2. The molecule has 1 aromatic carbocycles. The smallest absolute Gasteiger partial charge is 0.350 e. The number of nitro groups is 1. The molecule has 1 saturated heterocycles. The molecular formula is C13H12ClN3O4. The summed E-state index contributed by atoms with van der Waals surface area (Å²) in [5.74, 6) is 0.0180. The molecule has 3 rings (SSSR count). The summed E-state index contributed by atoms with van der Waals surface area (Å²) in [6.07, 6.45) is 1.38. The first-order valence-electron chi connectivity index (χ1n) is 6.32. The number of aromatic nitrogens is 2. The summed E-state index contributed by atoms with van der Waals surface area (Å²) in [6, 6.07) is 7.20. The highest BCUT2D eigenvalue weighted by molar-refractivity contribution is 6.30. The van der Waals surface area contributed by atoms with E-state index in [2.05, 4.69) is 5.10 Å². The molecule has 0 aliphatic carbocycles. The molecular weight excluding hydrogens is 298 g/mol. The van der Waals surface area contributed by atoms with Gasteiger partial charge in [-0.1, -0.05) is 23.7 Å². The first-order valence-corrected chi connectivity index (χ1v) is 6.70. The normalized spacial score (nSPS) is 16.7. The highest BCUT2D eigenvalue weighted by atomic mass is 35.5. The number of benzene rings is 1. The number of epoxide rings is 1. The molecule has 1 atom stereocenters. The lowest BCUT2D eigenvalue weighted by Gasteiger charge is -2.01. The van der Waals surface area contributed by atoms with E-state index in [0.29, 0.717) is 18.2 Å². The maximum Gasteiger partial charge on any atom is 0.350 e. The molecule has 0 radical (unpaired) electrons. The predicted molar refractivity (Wildman–Crippen MR) is 74.7 cm³/mol. The maximum absolute atomic E-state index is 11.0. The molecule has 0 bridgehead atoms. The lowest BCUT2D eigenvalue weighted by molar-refractivity contribution is -0.386. The van der Waals surface area contributed by atoms with Crippen molar-refractivity contribution < 1.29 is 14.4 Å². The molecule has 1 aliphatic heterocycles. The Hall–Kier alpha value is -2.12. The van der Waals surface area contributed by atoms with Crippen LogP contribution in [-0.2, 0) is 11.3 Å². The number of ether oxygens (including phenoxy) is 2. The average molecular weight is 310 g/mol. The Morgan fingerprint density at radius 1 is 1.48 bits per heavy atom. The van der Waals surface area contributed by atoms with Crippen LogP contribution < -0.4 is 4.74 Å². The number of rotatable bonds is 6. The first kappa shape index (κ1) is 13.8. The van der Waals surface area contributed by atoms with Gasteiger partial charge in [-0.15, -0.1) is 5.10 Å². The van der Waals surface area contributed by atoms with Crippen molar-refractivity contribution in [3.05, 3.63) is 51.2 Å². The highest BCUT2D eigenvalue weighted by Crippen LogP contribution is 2.26. The zero-order chi connectivity index (χ0) is 14.8. The zero-order valence-electron chi connectivity index (χ0n) is 10.9. The zero-order valence-corrected chi connectivity index (χ0v) is 11.7. The van der Waals surface area contributed by atoms with E-state index < -0.39 is 4.92 Å². The molecule has 0 spiro atoms. The predicted octanol–water partition coefficient (Wildman–Crippen LogP) is 2.27. The summed E-state index contributed by atoms with van der Waals surface area (Å²) in [5, 5.41) is 15.8. The van der Waals surface area contributed by atoms with Crippen LogP contribution in [0.4, 0.5) is 5.69 Å². The Morgan fingerprint density at radius 3 is 2.81 bits per heavy atom. The number of hydrogen-bond acceptors (Lipinski definition) is 5. The second kappa shape index (κ2) is 5.71. The molecule has 1 fully saturated rings. The largest absolute Gasteiger partial charge is 0.469 e. The Morgan fingerprint density at radius 2 is 2.19 bits per heavy atom. The fraction of sp³-hybridized carbons (Fsp3) is 0.308. The highest BCUT2D eigenvalue weighted by Gasteiger charge is 2.27. The topological polar surface area (TPSA) is 82.7 Å². The third-order valence-corrected chi connectivity index (χ3v) is 3.22. The van der Waals surface area contributed by atoms with Crippen molar-refractivity contribution in [2.45, 2.75) is 12.6 Å². The molecule has 1 aliphatic rings. The van der Waals surface area contributed by atoms with Gasteiger partial charge in [-0.2, -0.15) is 0 Å². The summed E-state index contributed by atoms with van der Waals surface area (Å²) < 4.78 is 11.8. The van der Waals surface area contributed by atoms with Gasteiger partial charge in [0, 0.05) is 5.02 Å². The van der Waals surface area contributed by atoms with E-state index in [0.717, 1.165) is 5.56 Å². The van der Waals surface area contributed by atoms with Crippen LogP contribution >= 0.6 is 11.6 Å². The van der Waals surface area contributed by atoms with Crippen molar-refractivity contribution in [3.8, 4) is 5.88 Å². The van der Waals surface area contributed by atoms with Gasteiger partial charge in [-0.05, 0) is 17.7 Å². The van der Waals surface area contributed by atoms with E-state index in [1.165, 1.54) is 10.9 Å². The van der Waals surface area contributed by atoms with Crippen molar-refractivity contribution in [1.82, 2.24) is 9.78 Å². The van der Waals surface area contributed by atoms with Gasteiger partial charge in [0.2, 0.25) is 0 Å². The lowest BCUT2D eigenvalue weighted by atomic mass is 10.2. The van der Waals surface area contributed by atoms with Gasteiger partial charge in [0.1, 0.15) is 18.9 Å². The van der Waals surface area contributed by atoms with Gasteiger partial charge >= 0.3 is 11.6 Å². The van der Waals surface area contributed by atoms with Crippen LogP contribution in [0.1, 0.15) is 5.56 Å². The van der Waals surface area contributed by atoms with Gasteiger partial charge in [0.25, 0.3) is 0 Å². The first-order chi connectivity index (χ1) is 10.1. The van der Waals surface area contributed by atoms with Crippen LogP contribution in [0.2, 0.25) is 5.02 Å². The van der Waals surface area contributed by atoms with Crippen molar-refractivity contribution in [2.75, 3.05) is 13.2 Å². The van der Waals surface area contributed by atoms with Gasteiger partial charge in [-0.25, -0.2) is 0 Å². The van der Waals surface area contributed by atoms with E-state index in [1.807, 2.05) is 12.1 Å². The van der Waals surface area contributed by atoms with Gasteiger partial charge in [0.05, 0.1) is 18.1 Å². The molecule has 2 aromatic rings. The minimum atomic E-state index is -0.506. The molecule has 0 N–H and O–H groups in total. The van der Waals surface area contributed by atoms with Crippen molar-refractivity contribution in [1.29, 1.82) is 0 Å². The second-order valence-electron chi connectivity index (χ2n) is 4.67. The Kier molecular flexibility index (Phi) is 3.76. The van der Waals surface area contributed by atoms with E-state index in [1.54, 1.807) is 12.1 Å². The quantitative estimate of drug-likeness (QED) is 0.464. The molecule has 1 aromatic heterocycles. The molecule has 7 nitrogen and oxygen atoms in total. The number of halogens is 1. The van der Waals surface area contributed by atoms with Crippen molar-refractivity contribution in [3.63, 3.8) is 0 Å². The van der Waals surface area contributed by atoms with Crippen LogP contribution in [0.15, 0.2) is 30.5 Å². The summed E-state index contributed by atoms with van der Waals surface area (Å²) in [7, 11) is 0. The number of nitrogens with zero attached hydrogens (tertiary/aromatic N) is 3. The Labute approximate surface area is 125 Å². The summed E-state index contributed by atoms with van der Waals surface area (Å²) in [6.45, 7) is 1.30. The van der Waals surface area contributed by atoms with Crippen LogP contribution in [0.25, 0.3) is 0 Å². The molecule has 110 valence electrons. The molecule has 2 heterocycles. The fourth-order valence-electron chi connectivity index (χ4n) is 1.82. The minimum absolute atomic E-state index is 0.0180. The molecule has 0 amide bonds. The molecule has 8 heteroatoms. The van der Waals surface area contributed by atoms with Crippen LogP contribution in [0.5, 0.6) is 5.88 Å². The van der Waals surface area contributed by atoms with E-state index >= 15 is 0 Å². The monoisotopic (exact) mass is 309 g/mol. The van der Waals surface area contributed by atoms with Crippen molar-refractivity contribution in [2.24, 2.45) is 0 Å². The van der Waals surface area contributed by atoms with Crippen LogP contribution in [-0.4, -0.2) is 34.0 Å². The summed E-state index contributed by atoms with van der Waals surface area (Å²) in [4.78, 5) is 10.5. The second-order valence-corrected chi connectivity index (χ2v) is 5.10. The SMILES string of the molecule is O=[N+]([O-])c1cn(Cc2ccc(Cl)cc2)nc1OCC1CO1.